The van der Waals surface area contributed by atoms with Gasteiger partial charge in [-0.3, -0.25) is 0 Å². The van der Waals surface area contributed by atoms with E-state index in [4.69, 9.17) is 0 Å². The summed E-state index contributed by atoms with van der Waals surface area (Å²) in [7, 11) is 0. The van der Waals surface area contributed by atoms with Crippen LogP contribution in [0.2, 0.25) is 0 Å². The van der Waals surface area contributed by atoms with Crippen molar-refractivity contribution in [2.45, 2.75) is 0 Å². The van der Waals surface area contributed by atoms with Crippen molar-refractivity contribution >= 4 is 21.1 Å². The Hall–Kier alpha value is 0.279. The van der Waals surface area contributed by atoms with Crippen LogP contribution in [0, 0.1) is 0 Å². The Kier molecular flexibility index (Phi) is 1.14. The predicted molar refractivity (Wildman–Crippen MR) is 25.4 cm³/mol. The first-order valence-corrected chi connectivity index (χ1v) is 5.47. The molecule has 5 heavy (non-hydrogen) atoms. The summed E-state index contributed by atoms with van der Waals surface area (Å²) in [5.74, 6) is 0. The molecule has 0 unspecified atom stereocenters. The maximum atomic E-state index is 2.32. The topological polar surface area (TPSA) is 0 Å². The standard InChI is InChI=1S/C4H4.Sn.H/c1-3-4-2;;/h1-4H;;/q;-1;. The number of hydrogen-bond acceptors (Lipinski definition) is 0. The van der Waals surface area contributed by atoms with E-state index in [9.17, 15) is 0 Å². The van der Waals surface area contributed by atoms with Crippen LogP contribution in [0.25, 0.3) is 0 Å². The summed E-state index contributed by atoms with van der Waals surface area (Å²) in [5.41, 5.74) is 0. The van der Waals surface area contributed by atoms with Gasteiger partial charge in [-0.25, -0.2) is 0 Å². The quantitative estimate of drug-likeness (QED) is 0.465. The summed E-state index contributed by atoms with van der Waals surface area (Å²) in [5, 5.41) is 0. The molecule has 0 saturated carbocycles. The third-order valence-corrected chi connectivity index (χ3v) is 3.09. The Labute approximate surface area is 41.8 Å². The minimum atomic E-state index is -0.170. The number of allylic oxidation sites excluding steroid dienone is 2. The van der Waals surface area contributed by atoms with Crippen LogP contribution in [0.15, 0.2) is 20.3 Å². The zero-order valence-electron chi connectivity index (χ0n) is 2.89. The van der Waals surface area contributed by atoms with Gasteiger partial charge in [0.15, 0.2) is 0 Å². The van der Waals surface area contributed by atoms with E-state index in [2.05, 4.69) is 20.3 Å². The molecule has 0 aromatic heterocycles. The third kappa shape index (κ3) is 0.797. The van der Waals surface area contributed by atoms with Gasteiger partial charge in [0, 0.05) is 0 Å². The molecule has 0 aliphatic carbocycles. The summed E-state index contributed by atoms with van der Waals surface area (Å²) in [6.07, 6.45) is 4.28. The Balaban J connectivity index is 2.61. The molecule has 1 heteroatoms. The molecule has 0 atom stereocenters. The van der Waals surface area contributed by atoms with Crippen molar-refractivity contribution in [2.75, 3.05) is 0 Å². The van der Waals surface area contributed by atoms with Crippen LogP contribution in [0.4, 0.5) is 0 Å². The van der Waals surface area contributed by atoms with Crippen LogP contribution in [0.1, 0.15) is 0 Å². The molecule has 0 saturated heterocycles. The molecular formula is C4H5Sn-. The van der Waals surface area contributed by atoms with Crippen molar-refractivity contribution < 1.29 is 0 Å². The summed E-state index contributed by atoms with van der Waals surface area (Å²) in [4.78, 5) is 0. The molecule has 1 aliphatic rings. The van der Waals surface area contributed by atoms with Crippen LogP contribution in [0.5, 0.6) is 0 Å². The van der Waals surface area contributed by atoms with Crippen LogP contribution < -0.4 is 0 Å². The van der Waals surface area contributed by atoms with E-state index in [0.717, 1.165) is 0 Å². The van der Waals surface area contributed by atoms with Gasteiger partial charge in [-0.15, -0.1) is 0 Å². The SMILES string of the molecule is C1=[CH][SnH-][CH]=C1. The Bertz CT molecular complexity index is 61.7. The fraction of sp³-hybridized carbons (Fsp3) is 0. The van der Waals surface area contributed by atoms with E-state index in [-0.39, 0.29) is 21.1 Å². The Morgan fingerprint density at radius 2 is 1.60 bits per heavy atom. The predicted octanol–water partition coefficient (Wildman–Crippen LogP) is 0.464. The van der Waals surface area contributed by atoms with Crippen LogP contribution in [-0.2, 0) is 0 Å². The van der Waals surface area contributed by atoms with Crippen molar-refractivity contribution in [3.8, 4) is 0 Å². The fourth-order valence-corrected chi connectivity index (χ4v) is 2.15. The van der Waals surface area contributed by atoms with Crippen LogP contribution in [-0.4, -0.2) is 21.1 Å². The Morgan fingerprint density at radius 3 is 1.80 bits per heavy atom. The molecule has 0 aromatic carbocycles. The van der Waals surface area contributed by atoms with Crippen molar-refractivity contribution in [2.24, 2.45) is 0 Å². The minimum absolute atomic E-state index is 0.170. The molecule has 1 rings (SSSR count). The Morgan fingerprint density at radius 1 is 1.00 bits per heavy atom. The zero-order valence-corrected chi connectivity index (χ0v) is 6.18. The van der Waals surface area contributed by atoms with E-state index in [1.54, 1.807) is 0 Å². The summed E-state index contributed by atoms with van der Waals surface area (Å²) >= 11 is -0.170. The molecule has 1 heterocycles. The van der Waals surface area contributed by atoms with Gasteiger partial charge < -0.3 is 0 Å². The van der Waals surface area contributed by atoms with Gasteiger partial charge in [0.25, 0.3) is 0 Å². The van der Waals surface area contributed by atoms with Gasteiger partial charge in [0.05, 0.1) is 0 Å². The van der Waals surface area contributed by atoms with E-state index >= 15 is 0 Å². The third-order valence-electron chi connectivity index (χ3n) is 0.556. The fourth-order valence-electron chi connectivity index (χ4n) is 0.321. The van der Waals surface area contributed by atoms with Gasteiger partial charge >= 0.3 is 41.5 Å². The van der Waals surface area contributed by atoms with Gasteiger partial charge in [-0.1, -0.05) is 0 Å². The molecule has 0 fully saturated rings. The molecule has 0 spiro atoms. The number of hydrogen-bond donors (Lipinski definition) is 0. The molecule has 26 valence electrons. The molecular weight excluding hydrogens is 167 g/mol. The molecule has 0 radical (unpaired) electrons. The summed E-state index contributed by atoms with van der Waals surface area (Å²) < 4.78 is 4.63. The van der Waals surface area contributed by atoms with E-state index in [1.807, 2.05) is 0 Å². The maximum absolute atomic E-state index is 2.32. The first-order valence-electron chi connectivity index (χ1n) is 1.67. The van der Waals surface area contributed by atoms with Gasteiger partial charge in [0.1, 0.15) is 0 Å². The van der Waals surface area contributed by atoms with Crippen molar-refractivity contribution in [1.29, 1.82) is 0 Å². The van der Waals surface area contributed by atoms with Crippen molar-refractivity contribution in [1.82, 2.24) is 0 Å². The van der Waals surface area contributed by atoms with Gasteiger partial charge in [0.2, 0.25) is 0 Å². The average Bonchev–Trinajstić information content (AvgIpc) is 1.76. The molecule has 0 bridgehead atoms. The van der Waals surface area contributed by atoms with Gasteiger partial charge in [-0.2, -0.15) is 0 Å². The number of rotatable bonds is 0. The normalized spacial score (nSPS) is 16.0. The average molecular weight is 172 g/mol. The molecule has 1 aliphatic heterocycles. The molecule has 0 nitrogen and oxygen atoms in total. The van der Waals surface area contributed by atoms with Crippen LogP contribution in [0.3, 0.4) is 0 Å². The first-order chi connectivity index (χ1) is 2.50. The van der Waals surface area contributed by atoms with E-state index < -0.39 is 0 Å². The van der Waals surface area contributed by atoms with Crippen LogP contribution >= 0.6 is 0 Å². The van der Waals surface area contributed by atoms with Crippen molar-refractivity contribution in [3.63, 3.8) is 0 Å². The summed E-state index contributed by atoms with van der Waals surface area (Å²) in [6, 6.07) is 0. The second-order valence-electron chi connectivity index (χ2n) is 0.962. The molecule has 0 N–H and O–H groups in total. The monoisotopic (exact) mass is 173 g/mol. The molecule has 0 amide bonds. The van der Waals surface area contributed by atoms with Crippen molar-refractivity contribution in [3.05, 3.63) is 20.3 Å². The van der Waals surface area contributed by atoms with E-state index in [1.165, 1.54) is 0 Å². The second kappa shape index (κ2) is 1.65. The van der Waals surface area contributed by atoms with E-state index in [0.29, 0.717) is 0 Å². The molecule has 0 aromatic rings. The van der Waals surface area contributed by atoms with Gasteiger partial charge in [-0.05, 0) is 0 Å². The zero-order chi connectivity index (χ0) is 3.54. The first kappa shape index (κ1) is 3.47. The second-order valence-corrected chi connectivity index (χ2v) is 4.26. The summed E-state index contributed by atoms with van der Waals surface area (Å²) in [6.45, 7) is 0.